The first kappa shape index (κ1) is 18.6. The lowest BCUT2D eigenvalue weighted by Gasteiger charge is -2.34. The van der Waals surface area contributed by atoms with Crippen LogP contribution in [0.1, 0.15) is 18.3 Å². The molecule has 0 N–H and O–H groups in total. The lowest BCUT2D eigenvalue weighted by Crippen LogP contribution is -2.49. The fraction of sp³-hybridized carbons (Fsp3) is 0.444. The lowest BCUT2D eigenvalue weighted by atomic mass is 10.2. The van der Waals surface area contributed by atoms with E-state index in [9.17, 15) is 8.42 Å². The van der Waals surface area contributed by atoms with Crippen LogP contribution in [0.5, 0.6) is 5.88 Å². The Labute approximate surface area is 154 Å². The standard InChI is InChI=1S/C18H24N4O3S/c1-4-25-18-13-17(19-15(3)20-18)21-8-10-22(11-9-21)26(23,24)16-7-5-6-14(2)12-16/h5-7,12-13H,4,8-11H2,1-3H3. The van der Waals surface area contributed by atoms with Crippen molar-refractivity contribution in [1.82, 2.24) is 14.3 Å². The Morgan fingerprint density at radius 1 is 1.08 bits per heavy atom. The van der Waals surface area contributed by atoms with E-state index in [0.29, 0.717) is 49.4 Å². The fourth-order valence-corrected chi connectivity index (χ4v) is 4.52. The number of hydrogen-bond donors (Lipinski definition) is 0. The predicted molar refractivity (Wildman–Crippen MR) is 100 cm³/mol. The molecule has 0 aliphatic carbocycles. The lowest BCUT2D eigenvalue weighted by molar-refractivity contribution is 0.325. The Hall–Kier alpha value is -2.19. The van der Waals surface area contributed by atoms with Crippen LogP contribution in [-0.2, 0) is 10.0 Å². The Bertz CT molecular complexity index is 878. The monoisotopic (exact) mass is 376 g/mol. The van der Waals surface area contributed by atoms with Gasteiger partial charge in [0, 0.05) is 32.2 Å². The van der Waals surface area contributed by atoms with Crippen molar-refractivity contribution >= 4 is 15.8 Å². The van der Waals surface area contributed by atoms with Crippen LogP contribution in [0.2, 0.25) is 0 Å². The number of sulfonamides is 1. The average molecular weight is 376 g/mol. The number of benzene rings is 1. The molecule has 2 aromatic rings. The number of anilines is 1. The van der Waals surface area contributed by atoms with Crippen LogP contribution >= 0.6 is 0 Å². The van der Waals surface area contributed by atoms with E-state index in [1.54, 1.807) is 24.3 Å². The van der Waals surface area contributed by atoms with Crippen LogP contribution < -0.4 is 9.64 Å². The molecule has 3 rings (SSSR count). The molecule has 1 aliphatic heterocycles. The quantitative estimate of drug-likeness (QED) is 0.795. The zero-order valence-corrected chi connectivity index (χ0v) is 16.2. The first-order valence-electron chi connectivity index (χ1n) is 8.70. The maximum absolute atomic E-state index is 12.8. The summed E-state index contributed by atoms with van der Waals surface area (Å²) in [5.74, 6) is 1.96. The summed E-state index contributed by atoms with van der Waals surface area (Å²) in [6.45, 7) is 8.16. The van der Waals surface area contributed by atoms with Gasteiger partial charge in [0.15, 0.2) is 0 Å². The number of aromatic nitrogens is 2. The van der Waals surface area contributed by atoms with E-state index < -0.39 is 10.0 Å². The summed E-state index contributed by atoms with van der Waals surface area (Å²) in [5, 5.41) is 0. The van der Waals surface area contributed by atoms with Crippen molar-refractivity contribution in [1.29, 1.82) is 0 Å². The van der Waals surface area contributed by atoms with Crippen molar-refractivity contribution in [2.24, 2.45) is 0 Å². The van der Waals surface area contributed by atoms with Gasteiger partial charge in [0.05, 0.1) is 11.5 Å². The van der Waals surface area contributed by atoms with E-state index >= 15 is 0 Å². The third-order valence-corrected chi connectivity index (χ3v) is 6.18. The van der Waals surface area contributed by atoms with Gasteiger partial charge in [-0.2, -0.15) is 9.29 Å². The molecule has 1 aliphatic rings. The number of ether oxygens (including phenoxy) is 1. The number of nitrogens with zero attached hydrogens (tertiary/aromatic N) is 4. The summed E-state index contributed by atoms with van der Waals surface area (Å²) in [6, 6.07) is 8.84. The molecule has 1 aromatic carbocycles. The molecule has 8 heteroatoms. The zero-order chi connectivity index (χ0) is 18.7. The molecule has 26 heavy (non-hydrogen) atoms. The van der Waals surface area contributed by atoms with Gasteiger partial charge in [-0.1, -0.05) is 12.1 Å². The highest BCUT2D eigenvalue weighted by Crippen LogP contribution is 2.22. The fourth-order valence-electron chi connectivity index (χ4n) is 2.99. The van der Waals surface area contributed by atoms with Crippen LogP contribution in [0.4, 0.5) is 5.82 Å². The Kier molecular flexibility index (Phi) is 5.43. The highest BCUT2D eigenvalue weighted by Gasteiger charge is 2.29. The molecule has 0 atom stereocenters. The molecule has 1 saturated heterocycles. The van der Waals surface area contributed by atoms with Gasteiger partial charge in [-0.15, -0.1) is 0 Å². The summed E-state index contributed by atoms with van der Waals surface area (Å²) in [4.78, 5) is 11.1. The topological polar surface area (TPSA) is 75.6 Å². The summed E-state index contributed by atoms with van der Waals surface area (Å²) >= 11 is 0. The van der Waals surface area contributed by atoms with E-state index in [4.69, 9.17) is 4.74 Å². The molecule has 0 radical (unpaired) electrons. The SMILES string of the molecule is CCOc1cc(N2CCN(S(=O)(=O)c3cccc(C)c3)CC2)nc(C)n1. The van der Waals surface area contributed by atoms with Gasteiger partial charge in [0.2, 0.25) is 15.9 Å². The maximum atomic E-state index is 12.8. The first-order valence-corrected chi connectivity index (χ1v) is 10.1. The molecule has 1 fully saturated rings. The Balaban J connectivity index is 1.73. The van der Waals surface area contributed by atoms with Gasteiger partial charge < -0.3 is 9.64 Å². The molecule has 7 nitrogen and oxygen atoms in total. The van der Waals surface area contributed by atoms with Crippen molar-refractivity contribution < 1.29 is 13.2 Å². The van der Waals surface area contributed by atoms with Gasteiger partial charge in [-0.25, -0.2) is 13.4 Å². The van der Waals surface area contributed by atoms with Crippen LogP contribution in [-0.4, -0.2) is 55.5 Å². The van der Waals surface area contributed by atoms with Gasteiger partial charge >= 0.3 is 0 Å². The van der Waals surface area contributed by atoms with E-state index in [-0.39, 0.29) is 0 Å². The summed E-state index contributed by atoms with van der Waals surface area (Å²) in [7, 11) is -3.47. The van der Waals surface area contributed by atoms with Crippen molar-refractivity contribution in [2.45, 2.75) is 25.7 Å². The summed E-state index contributed by atoms with van der Waals surface area (Å²) < 4.78 is 32.7. The Morgan fingerprint density at radius 3 is 2.46 bits per heavy atom. The zero-order valence-electron chi connectivity index (χ0n) is 15.3. The maximum Gasteiger partial charge on any atom is 0.243 e. The molecular weight excluding hydrogens is 352 g/mol. The minimum absolute atomic E-state index is 0.350. The number of aryl methyl sites for hydroxylation is 2. The Morgan fingerprint density at radius 2 is 1.81 bits per heavy atom. The normalized spacial score (nSPS) is 15.9. The van der Waals surface area contributed by atoms with E-state index in [1.807, 2.05) is 26.8 Å². The summed E-state index contributed by atoms with van der Waals surface area (Å²) in [6.07, 6.45) is 0. The second-order valence-corrected chi connectivity index (χ2v) is 8.19. The smallest absolute Gasteiger partial charge is 0.243 e. The third-order valence-electron chi connectivity index (χ3n) is 4.28. The molecule has 0 spiro atoms. The molecule has 1 aromatic heterocycles. The first-order chi connectivity index (χ1) is 12.4. The van der Waals surface area contributed by atoms with E-state index in [1.165, 1.54) is 4.31 Å². The molecule has 2 heterocycles. The minimum Gasteiger partial charge on any atom is -0.478 e. The van der Waals surface area contributed by atoms with E-state index in [0.717, 1.165) is 11.4 Å². The highest BCUT2D eigenvalue weighted by molar-refractivity contribution is 7.89. The molecular formula is C18H24N4O3S. The second-order valence-electron chi connectivity index (χ2n) is 6.25. The largest absolute Gasteiger partial charge is 0.478 e. The average Bonchev–Trinajstić information content (AvgIpc) is 2.61. The van der Waals surface area contributed by atoms with Gasteiger partial charge in [-0.05, 0) is 38.5 Å². The second kappa shape index (κ2) is 7.59. The molecule has 140 valence electrons. The molecule has 0 saturated carbocycles. The van der Waals surface area contributed by atoms with Gasteiger partial charge in [0.1, 0.15) is 11.6 Å². The van der Waals surface area contributed by atoms with Crippen molar-refractivity contribution in [3.8, 4) is 5.88 Å². The predicted octanol–water partition coefficient (Wildman–Crippen LogP) is 2.00. The van der Waals surface area contributed by atoms with Crippen LogP contribution in [0.3, 0.4) is 0 Å². The number of hydrogen-bond acceptors (Lipinski definition) is 6. The van der Waals surface area contributed by atoms with Crippen molar-refractivity contribution in [3.05, 3.63) is 41.7 Å². The molecule has 0 bridgehead atoms. The van der Waals surface area contributed by atoms with E-state index in [2.05, 4.69) is 14.9 Å². The number of rotatable bonds is 5. The van der Waals surface area contributed by atoms with Gasteiger partial charge in [-0.3, -0.25) is 0 Å². The van der Waals surface area contributed by atoms with Crippen LogP contribution in [0, 0.1) is 13.8 Å². The van der Waals surface area contributed by atoms with Crippen LogP contribution in [0.25, 0.3) is 0 Å². The third kappa shape index (κ3) is 3.96. The van der Waals surface area contributed by atoms with Gasteiger partial charge in [0.25, 0.3) is 0 Å². The van der Waals surface area contributed by atoms with Crippen molar-refractivity contribution in [2.75, 3.05) is 37.7 Å². The summed E-state index contributed by atoms with van der Waals surface area (Å²) in [5.41, 5.74) is 0.935. The molecule has 0 unspecified atom stereocenters. The number of piperazine rings is 1. The van der Waals surface area contributed by atoms with Crippen LogP contribution in [0.15, 0.2) is 35.2 Å². The minimum atomic E-state index is -3.47. The molecule has 0 amide bonds. The van der Waals surface area contributed by atoms with Crippen molar-refractivity contribution in [3.63, 3.8) is 0 Å². The highest BCUT2D eigenvalue weighted by atomic mass is 32.2.